The largest absolute Gasteiger partial charge is 0.493 e. The van der Waals surface area contributed by atoms with Crippen molar-refractivity contribution in [3.63, 3.8) is 0 Å². The Labute approximate surface area is 166 Å². The normalized spacial score (nSPS) is 18.2. The van der Waals surface area contributed by atoms with Crippen LogP contribution in [0.1, 0.15) is 36.8 Å². The van der Waals surface area contributed by atoms with Crippen LogP contribution in [0.5, 0.6) is 11.5 Å². The van der Waals surface area contributed by atoms with Crippen molar-refractivity contribution in [3.8, 4) is 11.5 Å². The van der Waals surface area contributed by atoms with Crippen LogP contribution in [0.4, 0.5) is 0 Å². The Morgan fingerprint density at radius 3 is 2.39 bits per heavy atom. The van der Waals surface area contributed by atoms with E-state index in [1.54, 1.807) is 20.3 Å². The van der Waals surface area contributed by atoms with Crippen LogP contribution in [0.2, 0.25) is 0 Å². The molecule has 2 aliphatic heterocycles. The summed E-state index contributed by atoms with van der Waals surface area (Å²) in [6.45, 7) is 6.31. The highest BCUT2D eigenvalue weighted by Crippen LogP contribution is 2.35. The Balaban J connectivity index is 1.50. The number of rotatable bonds is 6. The standard InChI is InChI=1S/C22H30N2O4/c1-26-20-13-17-16-7-12-24(11-6-10-23-8-4-3-5-9-23)15-18(16)22(25)28-19(17)14-21(20)27-2/h13-14H,3-12,15H2,1-2H3. The molecule has 0 saturated carbocycles. The Morgan fingerprint density at radius 2 is 1.64 bits per heavy atom. The molecule has 1 aromatic carbocycles. The second-order valence-corrected chi connectivity index (χ2v) is 7.83. The zero-order valence-electron chi connectivity index (χ0n) is 17.0. The molecule has 0 atom stereocenters. The first kappa shape index (κ1) is 19.3. The summed E-state index contributed by atoms with van der Waals surface area (Å²) < 4.78 is 16.4. The molecule has 0 N–H and O–H groups in total. The molecule has 6 heteroatoms. The molecule has 1 fully saturated rings. The van der Waals surface area contributed by atoms with Gasteiger partial charge < -0.3 is 18.8 Å². The minimum atomic E-state index is -0.226. The molecular weight excluding hydrogens is 356 g/mol. The van der Waals surface area contributed by atoms with Crippen molar-refractivity contribution in [2.45, 2.75) is 38.6 Å². The molecule has 0 unspecified atom stereocenters. The number of hydrogen-bond acceptors (Lipinski definition) is 6. The highest BCUT2D eigenvalue weighted by Gasteiger charge is 2.24. The smallest absolute Gasteiger partial charge is 0.341 e. The molecule has 4 rings (SSSR count). The molecule has 1 saturated heterocycles. The maximum absolute atomic E-state index is 12.6. The van der Waals surface area contributed by atoms with E-state index in [-0.39, 0.29) is 5.63 Å². The zero-order chi connectivity index (χ0) is 19.5. The van der Waals surface area contributed by atoms with Crippen molar-refractivity contribution in [1.82, 2.24) is 9.80 Å². The lowest BCUT2D eigenvalue weighted by Gasteiger charge is -2.30. The lowest BCUT2D eigenvalue weighted by molar-refractivity contribution is 0.195. The first-order valence-electron chi connectivity index (χ1n) is 10.3. The van der Waals surface area contributed by atoms with Gasteiger partial charge in [-0.2, -0.15) is 0 Å². The molecule has 28 heavy (non-hydrogen) atoms. The predicted octanol–water partition coefficient (Wildman–Crippen LogP) is 3.04. The highest BCUT2D eigenvalue weighted by atomic mass is 16.5. The van der Waals surface area contributed by atoms with Gasteiger partial charge in [0, 0.05) is 24.5 Å². The molecule has 152 valence electrons. The van der Waals surface area contributed by atoms with Crippen LogP contribution in [0, 0.1) is 0 Å². The van der Waals surface area contributed by atoms with Crippen LogP contribution in [0.15, 0.2) is 21.3 Å². The molecule has 6 nitrogen and oxygen atoms in total. The van der Waals surface area contributed by atoms with E-state index < -0.39 is 0 Å². The Hall–Kier alpha value is -2.05. The number of hydrogen-bond donors (Lipinski definition) is 0. The van der Waals surface area contributed by atoms with Crippen LogP contribution in [0.3, 0.4) is 0 Å². The summed E-state index contributed by atoms with van der Waals surface area (Å²) in [5.74, 6) is 1.24. The van der Waals surface area contributed by atoms with E-state index in [1.807, 2.05) is 6.07 Å². The number of methoxy groups -OCH3 is 2. The van der Waals surface area contributed by atoms with Crippen molar-refractivity contribution in [2.75, 3.05) is 46.9 Å². The van der Waals surface area contributed by atoms with E-state index >= 15 is 0 Å². The number of piperidine rings is 1. The summed E-state index contributed by atoms with van der Waals surface area (Å²) in [5.41, 5.74) is 2.24. The monoisotopic (exact) mass is 386 g/mol. The van der Waals surface area contributed by atoms with Crippen LogP contribution in [-0.4, -0.2) is 56.7 Å². The van der Waals surface area contributed by atoms with E-state index in [4.69, 9.17) is 13.9 Å². The van der Waals surface area contributed by atoms with E-state index in [0.29, 0.717) is 23.6 Å². The summed E-state index contributed by atoms with van der Waals surface area (Å²) in [5, 5.41) is 0.959. The molecule has 0 aliphatic carbocycles. The van der Waals surface area contributed by atoms with Crippen LogP contribution >= 0.6 is 0 Å². The topological polar surface area (TPSA) is 55.2 Å². The fourth-order valence-corrected chi connectivity index (χ4v) is 4.54. The van der Waals surface area contributed by atoms with Crippen molar-refractivity contribution in [1.29, 1.82) is 0 Å². The third kappa shape index (κ3) is 3.89. The Morgan fingerprint density at radius 1 is 0.929 bits per heavy atom. The van der Waals surface area contributed by atoms with Gasteiger partial charge in [-0.1, -0.05) is 6.42 Å². The van der Waals surface area contributed by atoms with Gasteiger partial charge in [0.05, 0.1) is 19.8 Å². The molecule has 2 aliphatic rings. The third-order valence-corrected chi connectivity index (χ3v) is 6.08. The second-order valence-electron chi connectivity index (χ2n) is 7.83. The summed E-state index contributed by atoms with van der Waals surface area (Å²) in [6, 6.07) is 3.68. The fraction of sp³-hybridized carbons (Fsp3) is 0.591. The van der Waals surface area contributed by atoms with Gasteiger partial charge in [-0.05, 0) is 63.5 Å². The summed E-state index contributed by atoms with van der Waals surface area (Å²) >= 11 is 0. The SMILES string of the molecule is COc1cc2oc(=O)c3c(c2cc1OC)CCN(CCCN1CCCCC1)C3. The molecule has 3 heterocycles. The van der Waals surface area contributed by atoms with Gasteiger partial charge in [-0.3, -0.25) is 4.90 Å². The van der Waals surface area contributed by atoms with Crippen molar-refractivity contribution in [2.24, 2.45) is 0 Å². The number of benzene rings is 1. The van der Waals surface area contributed by atoms with Gasteiger partial charge in [-0.15, -0.1) is 0 Å². The number of fused-ring (bicyclic) bond motifs is 3. The maximum Gasteiger partial charge on any atom is 0.341 e. The lowest BCUT2D eigenvalue weighted by Crippen LogP contribution is -2.37. The minimum absolute atomic E-state index is 0.226. The Kier molecular flexibility index (Phi) is 5.87. The highest BCUT2D eigenvalue weighted by molar-refractivity contribution is 5.85. The van der Waals surface area contributed by atoms with Crippen LogP contribution < -0.4 is 15.1 Å². The molecule has 0 spiro atoms. The summed E-state index contributed by atoms with van der Waals surface area (Å²) in [7, 11) is 3.21. The molecular formula is C22H30N2O4. The lowest BCUT2D eigenvalue weighted by atomic mass is 9.97. The number of likely N-dealkylation sites (tertiary alicyclic amines) is 1. The van der Waals surface area contributed by atoms with E-state index in [9.17, 15) is 4.79 Å². The Bertz CT molecular complexity index is 886. The van der Waals surface area contributed by atoms with Gasteiger partial charge in [0.1, 0.15) is 5.58 Å². The van der Waals surface area contributed by atoms with Gasteiger partial charge in [0.2, 0.25) is 0 Å². The first-order valence-corrected chi connectivity index (χ1v) is 10.3. The van der Waals surface area contributed by atoms with E-state index in [1.165, 1.54) is 32.4 Å². The molecule has 0 amide bonds. The van der Waals surface area contributed by atoms with Crippen LogP contribution in [-0.2, 0) is 13.0 Å². The van der Waals surface area contributed by atoms with Gasteiger partial charge in [-0.25, -0.2) is 4.79 Å². The fourth-order valence-electron chi connectivity index (χ4n) is 4.54. The average molecular weight is 386 g/mol. The van der Waals surface area contributed by atoms with Crippen molar-refractivity contribution >= 4 is 11.0 Å². The number of ether oxygens (including phenoxy) is 2. The second kappa shape index (κ2) is 8.53. The van der Waals surface area contributed by atoms with Gasteiger partial charge in [0.15, 0.2) is 11.5 Å². The number of nitrogens with zero attached hydrogens (tertiary/aromatic N) is 2. The molecule has 2 aromatic rings. The predicted molar refractivity (Wildman–Crippen MR) is 109 cm³/mol. The third-order valence-electron chi connectivity index (χ3n) is 6.08. The van der Waals surface area contributed by atoms with Crippen molar-refractivity contribution < 1.29 is 13.9 Å². The quantitative estimate of drug-likeness (QED) is 0.712. The van der Waals surface area contributed by atoms with Gasteiger partial charge in [0.25, 0.3) is 0 Å². The van der Waals surface area contributed by atoms with E-state index in [0.717, 1.165) is 49.0 Å². The summed E-state index contributed by atoms with van der Waals surface area (Å²) in [6.07, 6.45) is 6.05. The van der Waals surface area contributed by atoms with E-state index in [2.05, 4.69) is 9.80 Å². The minimum Gasteiger partial charge on any atom is -0.493 e. The van der Waals surface area contributed by atoms with Crippen molar-refractivity contribution in [3.05, 3.63) is 33.7 Å². The molecule has 0 bridgehead atoms. The van der Waals surface area contributed by atoms with Crippen LogP contribution in [0.25, 0.3) is 11.0 Å². The first-order chi connectivity index (χ1) is 13.7. The van der Waals surface area contributed by atoms with Gasteiger partial charge >= 0.3 is 5.63 Å². The average Bonchev–Trinajstić information content (AvgIpc) is 2.74. The zero-order valence-corrected chi connectivity index (χ0v) is 17.0. The summed E-state index contributed by atoms with van der Waals surface area (Å²) in [4.78, 5) is 17.6. The molecule has 0 radical (unpaired) electrons. The maximum atomic E-state index is 12.6. The molecule has 1 aromatic heterocycles.